The van der Waals surface area contributed by atoms with Gasteiger partial charge in [0.25, 0.3) is 0 Å². The second-order valence-electron chi connectivity index (χ2n) is 6.29. The van der Waals surface area contributed by atoms with Crippen LogP contribution in [-0.2, 0) is 0 Å². The van der Waals surface area contributed by atoms with E-state index in [1.165, 1.54) is 77.0 Å². The van der Waals surface area contributed by atoms with Gasteiger partial charge in [0.2, 0.25) is 0 Å². The van der Waals surface area contributed by atoms with Crippen molar-refractivity contribution in [1.29, 1.82) is 0 Å². The second kappa shape index (κ2) is 17.8. The topological polar surface area (TPSA) is 0 Å². The molecular weight excluding hydrogens is 288 g/mol. The second-order valence-corrected chi connectivity index (χ2v) is 6.29. The van der Waals surface area contributed by atoms with E-state index in [9.17, 15) is 0 Å². The van der Waals surface area contributed by atoms with Crippen LogP contribution in [0, 0.1) is 0 Å². The molecule has 0 unspecified atom stereocenters. The van der Waals surface area contributed by atoms with Gasteiger partial charge in [0.05, 0.1) is 0 Å². The molecule has 0 heteroatoms. The van der Waals surface area contributed by atoms with Crippen molar-refractivity contribution in [2.45, 2.75) is 77.0 Å². The molecule has 0 radical (unpaired) electrons. The third-order valence-corrected chi connectivity index (χ3v) is 4.00. The zero-order chi connectivity index (χ0) is 17.0. The Morgan fingerprint density at radius 3 is 0.333 bits per heavy atom. The van der Waals surface area contributed by atoms with Crippen molar-refractivity contribution < 1.29 is 0 Å². The summed E-state index contributed by atoms with van der Waals surface area (Å²) in [6.07, 6.45) is 42.0. The molecule has 0 heterocycles. The first-order valence-corrected chi connectivity index (χ1v) is 9.90. The molecule has 1 aliphatic carbocycles. The summed E-state index contributed by atoms with van der Waals surface area (Å²) >= 11 is 0. The lowest BCUT2D eigenvalue weighted by Gasteiger charge is -1.92. The Balaban J connectivity index is 2.29. The van der Waals surface area contributed by atoms with Gasteiger partial charge in [0, 0.05) is 0 Å². The van der Waals surface area contributed by atoms with E-state index in [4.69, 9.17) is 0 Å². The Hall–Kier alpha value is -1.56. The van der Waals surface area contributed by atoms with Crippen molar-refractivity contribution in [3.05, 3.63) is 72.9 Å². The molecule has 0 N–H and O–H groups in total. The fourth-order valence-electron chi connectivity index (χ4n) is 2.57. The quantitative estimate of drug-likeness (QED) is 0.396. The van der Waals surface area contributed by atoms with Crippen LogP contribution in [0.2, 0.25) is 0 Å². The van der Waals surface area contributed by atoms with Gasteiger partial charge in [-0.3, -0.25) is 0 Å². The molecule has 24 heavy (non-hydrogen) atoms. The number of rotatable bonds is 0. The van der Waals surface area contributed by atoms with Crippen LogP contribution in [0.25, 0.3) is 0 Å². The summed E-state index contributed by atoms with van der Waals surface area (Å²) in [4.78, 5) is 0. The van der Waals surface area contributed by atoms with Crippen molar-refractivity contribution in [3.63, 3.8) is 0 Å². The molecule has 0 amide bonds. The highest BCUT2D eigenvalue weighted by molar-refractivity contribution is 4.94. The van der Waals surface area contributed by atoms with Gasteiger partial charge in [-0.05, 0) is 77.0 Å². The Labute approximate surface area is 150 Å². The predicted molar refractivity (Wildman–Crippen MR) is 110 cm³/mol. The first kappa shape index (κ1) is 20.5. The number of hydrogen-bond donors (Lipinski definition) is 0. The minimum atomic E-state index is 1.17. The minimum absolute atomic E-state index is 1.17. The summed E-state index contributed by atoms with van der Waals surface area (Å²) in [5.74, 6) is 0. The largest absolute Gasteiger partial charge is 0.0882 e. The van der Waals surface area contributed by atoms with Crippen molar-refractivity contribution in [3.8, 4) is 0 Å². The lowest BCUT2D eigenvalue weighted by Crippen LogP contribution is -1.71. The fourth-order valence-corrected chi connectivity index (χ4v) is 2.57. The smallest absolute Gasteiger partial charge is 0.0316 e. The van der Waals surface area contributed by atoms with Gasteiger partial charge in [-0.1, -0.05) is 72.9 Å². The zero-order valence-corrected chi connectivity index (χ0v) is 15.4. The van der Waals surface area contributed by atoms with Crippen LogP contribution >= 0.6 is 0 Å². The SMILES string of the molecule is C1=CCCC=CCCC=CCCC=CCCC=CCCC=CCC1. The van der Waals surface area contributed by atoms with Crippen LogP contribution in [0.15, 0.2) is 72.9 Å². The van der Waals surface area contributed by atoms with E-state index in [-0.39, 0.29) is 0 Å². The Morgan fingerprint density at radius 1 is 0.167 bits per heavy atom. The van der Waals surface area contributed by atoms with Gasteiger partial charge in [-0.2, -0.15) is 0 Å². The van der Waals surface area contributed by atoms with Gasteiger partial charge < -0.3 is 0 Å². The Bertz CT molecular complexity index is 284. The number of allylic oxidation sites excluding steroid dienone is 12. The molecule has 0 atom stereocenters. The molecule has 0 aliphatic heterocycles. The molecular formula is C24H36. The summed E-state index contributed by atoms with van der Waals surface area (Å²) in [5.41, 5.74) is 0. The molecule has 0 bridgehead atoms. The maximum Gasteiger partial charge on any atom is -0.0316 e. The monoisotopic (exact) mass is 324 g/mol. The average Bonchev–Trinajstić information content (AvgIpc) is 2.59. The van der Waals surface area contributed by atoms with Crippen molar-refractivity contribution in [2.24, 2.45) is 0 Å². The van der Waals surface area contributed by atoms with Crippen molar-refractivity contribution >= 4 is 0 Å². The van der Waals surface area contributed by atoms with Gasteiger partial charge in [-0.15, -0.1) is 0 Å². The van der Waals surface area contributed by atoms with Crippen LogP contribution in [0.3, 0.4) is 0 Å². The minimum Gasteiger partial charge on any atom is -0.0882 e. The van der Waals surface area contributed by atoms with Gasteiger partial charge in [0.15, 0.2) is 0 Å². The summed E-state index contributed by atoms with van der Waals surface area (Å²) in [7, 11) is 0. The van der Waals surface area contributed by atoms with Crippen LogP contribution in [0.4, 0.5) is 0 Å². The molecule has 0 fully saturated rings. The average molecular weight is 325 g/mol. The Morgan fingerprint density at radius 2 is 0.250 bits per heavy atom. The van der Waals surface area contributed by atoms with Gasteiger partial charge in [-0.25, -0.2) is 0 Å². The fraction of sp³-hybridized carbons (Fsp3) is 0.500. The molecule has 0 nitrogen and oxygen atoms in total. The molecule has 0 aromatic rings. The third-order valence-electron chi connectivity index (χ3n) is 4.00. The molecule has 0 saturated heterocycles. The highest BCUT2D eigenvalue weighted by Gasteiger charge is 1.83. The zero-order valence-electron chi connectivity index (χ0n) is 15.4. The summed E-state index contributed by atoms with van der Waals surface area (Å²) in [6, 6.07) is 0. The highest BCUT2D eigenvalue weighted by atomic mass is 13.9. The van der Waals surface area contributed by atoms with Crippen LogP contribution < -0.4 is 0 Å². The molecule has 132 valence electrons. The third kappa shape index (κ3) is 15.3. The summed E-state index contributed by atoms with van der Waals surface area (Å²) in [6.45, 7) is 0. The molecule has 0 saturated carbocycles. The maximum absolute atomic E-state index is 2.33. The highest BCUT2D eigenvalue weighted by Crippen LogP contribution is 2.03. The van der Waals surface area contributed by atoms with E-state index >= 15 is 0 Å². The first-order valence-electron chi connectivity index (χ1n) is 9.90. The Kier molecular flexibility index (Phi) is 15.2. The maximum atomic E-state index is 2.33. The molecule has 1 rings (SSSR count). The summed E-state index contributed by atoms with van der Waals surface area (Å²) in [5, 5.41) is 0. The summed E-state index contributed by atoms with van der Waals surface area (Å²) < 4.78 is 0. The van der Waals surface area contributed by atoms with Crippen LogP contribution in [-0.4, -0.2) is 0 Å². The lowest BCUT2D eigenvalue weighted by molar-refractivity contribution is 0.962. The molecule has 0 aromatic carbocycles. The van der Waals surface area contributed by atoms with Crippen LogP contribution in [0.5, 0.6) is 0 Å². The van der Waals surface area contributed by atoms with E-state index in [0.717, 1.165) is 0 Å². The predicted octanol–water partition coefficient (Wildman–Crippen LogP) is 8.02. The number of hydrogen-bond acceptors (Lipinski definition) is 0. The van der Waals surface area contributed by atoms with Crippen molar-refractivity contribution in [2.75, 3.05) is 0 Å². The van der Waals surface area contributed by atoms with E-state index in [2.05, 4.69) is 72.9 Å². The molecule has 0 aromatic heterocycles. The molecule has 0 spiro atoms. The standard InChI is InChI=1S/C24H36/c1-2-4-6-8-10-12-14-16-18-20-22-24-23-21-19-17-15-13-11-9-7-5-3-1/h1-2,7-10,15-18,23-24H,3-6,11-14,19-22H2. The van der Waals surface area contributed by atoms with Crippen molar-refractivity contribution in [1.82, 2.24) is 0 Å². The van der Waals surface area contributed by atoms with Gasteiger partial charge >= 0.3 is 0 Å². The van der Waals surface area contributed by atoms with Crippen LogP contribution in [0.1, 0.15) is 77.0 Å². The van der Waals surface area contributed by atoms with E-state index < -0.39 is 0 Å². The van der Waals surface area contributed by atoms with Gasteiger partial charge in [0.1, 0.15) is 0 Å². The van der Waals surface area contributed by atoms with E-state index in [0.29, 0.717) is 0 Å². The normalized spacial score (nSPS) is 20.0. The van der Waals surface area contributed by atoms with E-state index in [1.807, 2.05) is 0 Å². The molecule has 1 aliphatic rings. The first-order chi connectivity index (χ1) is 12.0. The van der Waals surface area contributed by atoms with E-state index in [1.54, 1.807) is 0 Å². The lowest BCUT2D eigenvalue weighted by atomic mass is 10.1.